The van der Waals surface area contributed by atoms with Crippen molar-refractivity contribution in [3.63, 3.8) is 0 Å². The van der Waals surface area contributed by atoms with Crippen LogP contribution in [-0.4, -0.2) is 17.5 Å². The van der Waals surface area contributed by atoms with Crippen molar-refractivity contribution in [3.05, 3.63) is 23.3 Å². The molecule has 132 valence electrons. The van der Waals surface area contributed by atoms with Gasteiger partial charge >= 0.3 is 0 Å². The number of fused-ring (bicyclic) bond motifs is 5. The average Bonchev–Trinajstić information content (AvgIpc) is 2.92. The lowest BCUT2D eigenvalue weighted by atomic mass is 9.50. The van der Waals surface area contributed by atoms with Gasteiger partial charge in [0.05, 0.1) is 6.10 Å². The maximum atomic E-state index is 11.4. The van der Waals surface area contributed by atoms with Gasteiger partial charge in [0.25, 0.3) is 0 Å². The zero-order valence-corrected chi connectivity index (χ0v) is 15.4. The summed E-state index contributed by atoms with van der Waals surface area (Å²) >= 11 is 0. The highest BCUT2D eigenvalue weighted by atomic mass is 16.3. The molecule has 0 amide bonds. The van der Waals surface area contributed by atoms with E-state index in [2.05, 4.69) is 32.9 Å². The van der Waals surface area contributed by atoms with Gasteiger partial charge in [0.1, 0.15) is 6.29 Å². The van der Waals surface area contributed by atoms with E-state index in [1.807, 2.05) is 0 Å². The molecule has 24 heavy (non-hydrogen) atoms. The molecule has 3 saturated carbocycles. The first-order valence-electron chi connectivity index (χ1n) is 9.94. The molecule has 0 spiro atoms. The van der Waals surface area contributed by atoms with Gasteiger partial charge in [-0.3, -0.25) is 0 Å². The molecule has 0 aliphatic heterocycles. The van der Waals surface area contributed by atoms with Crippen LogP contribution in [0.15, 0.2) is 23.3 Å². The standard InChI is InChI=1S/C22H32O2/c1-14(13-23)18-6-7-19-17-5-4-15-12-16(24)8-10-21(15,2)20(17)9-11-22(18,19)3/h4-5,13-14,16,18-20,24H,6-12H2,1-3H3. The first kappa shape index (κ1) is 16.6. The fraction of sp³-hybridized carbons (Fsp3) is 0.773. The maximum Gasteiger partial charge on any atom is 0.123 e. The lowest BCUT2D eigenvalue weighted by Crippen LogP contribution is -2.46. The van der Waals surface area contributed by atoms with Crippen molar-refractivity contribution >= 4 is 6.29 Å². The summed E-state index contributed by atoms with van der Waals surface area (Å²) in [4.78, 5) is 11.4. The van der Waals surface area contributed by atoms with Crippen LogP contribution in [0.25, 0.3) is 0 Å². The van der Waals surface area contributed by atoms with Gasteiger partial charge in [0, 0.05) is 5.92 Å². The summed E-state index contributed by atoms with van der Waals surface area (Å²) in [5.74, 6) is 2.05. The lowest BCUT2D eigenvalue weighted by Gasteiger charge is -2.55. The normalized spacial score (nSPS) is 48.5. The van der Waals surface area contributed by atoms with Crippen molar-refractivity contribution in [1.82, 2.24) is 0 Å². The molecule has 7 unspecified atom stereocenters. The highest BCUT2D eigenvalue weighted by Gasteiger charge is 2.56. The van der Waals surface area contributed by atoms with E-state index in [1.54, 1.807) is 5.57 Å². The van der Waals surface area contributed by atoms with Crippen LogP contribution in [-0.2, 0) is 4.79 Å². The van der Waals surface area contributed by atoms with Gasteiger partial charge < -0.3 is 9.90 Å². The van der Waals surface area contributed by atoms with Gasteiger partial charge in [-0.1, -0.05) is 44.1 Å². The number of carbonyl (C=O) groups is 1. The minimum atomic E-state index is -0.141. The van der Waals surface area contributed by atoms with Crippen molar-refractivity contribution in [1.29, 1.82) is 0 Å². The minimum Gasteiger partial charge on any atom is -0.393 e. The van der Waals surface area contributed by atoms with Crippen molar-refractivity contribution in [3.8, 4) is 0 Å². The molecule has 4 aliphatic carbocycles. The Morgan fingerprint density at radius 3 is 2.67 bits per heavy atom. The van der Waals surface area contributed by atoms with E-state index in [0.717, 1.165) is 19.3 Å². The first-order valence-corrected chi connectivity index (χ1v) is 9.94. The minimum absolute atomic E-state index is 0.141. The molecular weight excluding hydrogens is 296 g/mol. The summed E-state index contributed by atoms with van der Waals surface area (Å²) in [7, 11) is 0. The molecule has 0 bridgehead atoms. The summed E-state index contributed by atoms with van der Waals surface area (Å²) in [5.41, 5.74) is 3.72. The Morgan fingerprint density at radius 1 is 1.12 bits per heavy atom. The first-order chi connectivity index (χ1) is 11.4. The van der Waals surface area contributed by atoms with Crippen LogP contribution >= 0.6 is 0 Å². The molecule has 0 heterocycles. The Labute approximate surface area is 146 Å². The highest BCUT2D eigenvalue weighted by Crippen LogP contribution is 2.65. The van der Waals surface area contributed by atoms with Crippen LogP contribution in [0.1, 0.15) is 65.7 Å². The molecule has 0 aromatic carbocycles. The molecule has 0 aromatic rings. The van der Waals surface area contributed by atoms with Gasteiger partial charge in [-0.05, 0) is 73.5 Å². The molecule has 7 atom stereocenters. The molecule has 4 aliphatic rings. The van der Waals surface area contributed by atoms with Gasteiger partial charge in [-0.2, -0.15) is 0 Å². The fourth-order valence-electron chi connectivity index (χ4n) is 6.98. The Morgan fingerprint density at radius 2 is 1.92 bits per heavy atom. The Bertz CT molecular complexity index is 603. The molecule has 0 radical (unpaired) electrons. The number of aliphatic hydroxyl groups is 1. The maximum absolute atomic E-state index is 11.4. The molecule has 3 fully saturated rings. The van der Waals surface area contributed by atoms with Gasteiger partial charge in [-0.15, -0.1) is 0 Å². The fourth-order valence-corrected chi connectivity index (χ4v) is 6.98. The van der Waals surface area contributed by atoms with Crippen LogP contribution in [0.5, 0.6) is 0 Å². The number of hydrogen-bond acceptors (Lipinski definition) is 2. The summed E-state index contributed by atoms with van der Waals surface area (Å²) in [5, 5.41) is 10.1. The average molecular weight is 328 g/mol. The Hall–Kier alpha value is -0.890. The van der Waals surface area contributed by atoms with Crippen LogP contribution in [0.2, 0.25) is 0 Å². The quantitative estimate of drug-likeness (QED) is 0.747. The molecule has 2 nitrogen and oxygen atoms in total. The molecule has 2 heteroatoms. The van der Waals surface area contributed by atoms with E-state index in [1.165, 1.54) is 37.5 Å². The van der Waals surface area contributed by atoms with Crippen LogP contribution < -0.4 is 0 Å². The second-order valence-electron chi connectivity index (χ2n) is 9.50. The smallest absolute Gasteiger partial charge is 0.123 e. The Balaban J connectivity index is 1.69. The number of carbonyl (C=O) groups excluding carboxylic acids is 1. The molecule has 4 rings (SSSR count). The summed E-state index contributed by atoms with van der Waals surface area (Å²) < 4.78 is 0. The molecule has 0 saturated heterocycles. The second kappa shape index (κ2) is 5.56. The summed E-state index contributed by atoms with van der Waals surface area (Å²) in [6.07, 6.45) is 13.7. The van der Waals surface area contributed by atoms with E-state index in [-0.39, 0.29) is 17.4 Å². The number of aliphatic hydroxyl groups excluding tert-OH is 1. The van der Waals surface area contributed by atoms with Crippen molar-refractivity contribution in [2.45, 2.75) is 71.8 Å². The van der Waals surface area contributed by atoms with Gasteiger partial charge in [-0.25, -0.2) is 0 Å². The molecule has 1 N–H and O–H groups in total. The van der Waals surface area contributed by atoms with Crippen LogP contribution in [0, 0.1) is 34.5 Å². The number of hydrogen-bond donors (Lipinski definition) is 1. The summed E-state index contributed by atoms with van der Waals surface area (Å²) in [6, 6.07) is 0. The van der Waals surface area contributed by atoms with E-state index in [4.69, 9.17) is 0 Å². The largest absolute Gasteiger partial charge is 0.393 e. The van der Waals surface area contributed by atoms with Crippen molar-refractivity contribution in [2.75, 3.05) is 0 Å². The number of aldehydes is 1. The van der Waals surface area contributed by atoms with Gasteiger partial charge in [0.15, 0.2) is 0 Å². The molecule has 0 aromatic heterocycles. The van der Waals surface area contributed by atoms with E-state index < -0.39 is 0 Å². The lowest BCUT2D eigenvalue weighted by molar-refractivity contribution is -0.113. The zero-order chi connectivity index (χ0) is 17.1. The van der Waals surface area contributed by atoms with Crippen molar-refractivity contribution in [2.24, 2.45) is 34.5 Å². The molecular formula is C22H32O2. The van der Waals surface area contributed by atoms with Crippen LogP contribution in [0.4, 0.5) is 0 Å². The van der Waals surface area contributed by atoms with Gasteiger partial charge in [0.2, 0.25) is 0 Å². The number of rotatable bonds is 2. The SMILES string of the molecule is CC(C=O)C1CCC2C3=CC=C4CC(O)CCC4(C)C3CCC21C. The number of allylic oxidation sites excluding steroid dienone is 3. The van der Waals surface area contributed by atoms with E-state index >= 15 is 0 Å². The van der Waals surface area contributed by atoms with E-state index in [9.17, 15) is 9.90 Å². The van der Waals surface area contributed by atoms with Crippen molar-refractivity contribution < 1.29 is 9.90 Å². The third-order valence-corrected chi connectivity index (χ3v) is 8.47. The second-order valence-corrected chi connectivity index (χ2v) is 9.50. The summed E-state index contributed by atoms with van der Waals surface area (Å²) in [6.45, 7) is 7.03. The van der Waals surface area contributed by atoms with Crippen LogP contribution in [0.3, 0.4) is 0 Å². The highest BCUT2D eigenvalue weighted by molar-refractivity contribution is 5.54. The van der Waals surface area contributed by atoms with E-state index in [0.29, 0.717) is 23.2 Å². The Kier molecular flexibility index (Phi) is 3.84. The monoisotopic (exact) mass is 328 g/mol. The third kappa shape index (κ3) is 2.14. The zero-order valence-electron chi connectivity index (χ0n) is 15.4. The predicted molar refractivity (Wildman–Crippen MR) is 96.4 cm³/mol. The topological polar surface area (TPSA) is 37.3 Å². The predicted octanol–water partition coefficient (Wildman–Crippen LogP) is 4.68. The third-order valence-electron chi connectivity index (χ3n) is 8.47.